The van der Waals surface area contributed by atoms with Gasteiger partial charge in [-0.3, -0.25) is 0 Å². The molecule has 15 heavy (non-hydrogen) atoms. The summed E-state index contributed by atoms with van der Waals surface area (Å²) < 4.78 is 1.95. The van der Waals surface area contributed by atoms with Crippen molar-refractivity contribution in [1.82, 2.24) is 9.55 Å². The zero-order valence-corrected chi connectivity index (χ0v) is 8.89. The van der Waals surface area contributed by atoms with Crippen molar-refractivity contribution in [3.63, 3.8) is 0 Å². The van der Waals surface area contributed by atoms with E-state index in [9.17, 15) is 4.79 Å². The van der Waals surface area contributed by atoms with Crippen LogP contribution in [-0.2, 0) is 0 Å². The van der Waals surface area contributed by atoms with Gasteiger partial charge < -0.3 is 9.67 Å². The van der Waals surface area contributed by atoms with Gasteiger partial charge in [0.25, 0.3) is 0 Å². The number of aromatic carboxylic acids is 1. The molecule has 4 nitrogen and oxygen atoms in total. The fourth-order valence-electron chi connectivity index (χ4n) is 2.19. The highest BCUT2D eigenvalue weighted by Crippen LogP contribution is 2.31. The van der Waals surface area contributed by atoms with Crippen LogP contribution >= 0.6 is 0 Å². The van der Waals surface area contributed by atoms with Crippen molar-refractivity contribution in [1.29, 1.82) is 0 Å². The van der Waals surface area contributed by atoms with Gasteiger partial charge >= 0.3 is 5.97 Å². The van der Waals surface area contributed by atoms with E-state index in [4.69, 9.17) is 5.11 Å². The van der Waals surface area contributed by atoms with Crippen LogP contribution in [0.25, 0.3) is 0 Å². The zero-order chi connectivity index (χ0) is 10.8. The lowest BCUT2D eigenvalue weighted by molar-refractivity contribution is 0.0691. The van der Waals surface area contributed by atoms with Gasteiger partial charge in [-0.15, -0.1) is 0 Å². The zero-order valence-electron chi connectivity index (χ0n) is 8.89. The van der Waals surface area contributed by atoms with E-state index in [0.717, 1.165) is 18.8 Å². The quantitative estimate of drug-likeness (QED) is 0.811. The van der Waals surface area contributed by atoms with Crippen LogP contribution in [0.1, 0.15) is 49.1 Å². The molecule has 0 radical (unpaired) electrons. The molecule has 0 bridgehead atoms. The molecule has 4 heteroatoms. The lowest BCUT2D eigenvalue weighted by Crippen LogP contribution is -2.15. The van der Waals surface area contributed by atoms with Crippen molar-refractivity contribution in [2.45, 2.75) is 38.6 Å². The number of carboxylic acids is 1. The second-order valence-electron chi connectivity index (χ2n) is 4.42. The van der Waals surface area contributed by atoms with Crippen molar-refractivity contribution in [2.24, 2.45) is 5.92 Å². The van der Waals surface area contributed by atoms with Crippen LogP contribution in [0, 0.1) is 5.92 Å². The second-order valence-corrected chi connectivity index (χ2v) is 4.42. The van der Waals surface area contributed by atoms with Gasteiger partial charge in [-0.25, -0.2) is 9.78 Å². The van der Waals surface area contributed by atoms with Gasteiger partial charge in [0.1, 0.15) is 0 Å². The van der Waals surface area contributed by atoms with Crippen molar-refractivity contribution in [3.8, 4) is 0 Å². The summed E-state index contributed by atoms with van der Waals surface area (Å²) >= 11 is 0. The number of aromatic nitrogens is 2. The average molecular weight is 208 g/mol. The minimum absolute atomic E-state index is 0.147. The normalized spacial score (nSPS) is 26.5. The van der Waals surface area contributed by atoms with E-state index in [2.05, 4.69) is 11.9 Å². The first-order valence-electron chi connectivity index (χ1n) is 5.43. The van der Waals surface area contributed by atoms with Crippen LogP contribution in [0.15, 0.2) is 12.5 Å². The molecule has 1 aromatic heterocycles. The van der Waals surface area contributed by atoms with Crippen molar-refractivity contribution in [3.05, 3.63) is 18.2 Å². The van der Waals surface area contributed by atoms with E-state index in [0.29, 0.717) is 6.04 Å². The highest BCUT2D eigenvalue weighted by atomic mass is 16.4. The van der Waals surface area contributed by atoms with Crippen LogP contribution in [-0.4, -0.2) is 20.6 Å². The molecule has 1 heterocycles. The molecule has 0 unspecified atom stereocenters. The van der Waals surface area contributed by atoms with Crippen LogP contribution in [0.2, 0.25) is 0 Å². The molecule has 0 spiro atoms. The van der Waals surface area contributed by atoms with E-state index in [-0.39, 0.29) is 5.69 Å². The summed E-state index contributed by atoms with van der Waals surface area (Å²) in [6, 6.07) is 0.446. The van der Waals surface area contributed by atoms with Crippen LogP contribution in [0.3, 0.4) is 0 Å². The Morgan fingerprint density at radius 3 is 2.67 bits per heavy atom. The number of hydrogen-bond donors (Lipinski definition) is 1. The average Bonchev–Trinajstić information content (AvgIpc) is 2.68. The molecule has 0 aliphatic heterocycles. The molecule has 82 valence electrons. The number of imidazole rings is 1. The molecule has 0 atom stereocenters. The van der Waals surface area contributed by atoms with Crippen molar-refractivity contribution >= 4 is 5.97 Å². The minimum atomic E-state index is -0.946. The number of hydrogen-bond acceptors (Lipinski definition) is 2. The Kier molecular flexibility index (Phi) is 2.75. The Morgan fingerprint density at radius 2 is 2.13 bits per heavy atom. The van der Waals surface area contributed by atoms with Crippen LogP contribution < -0.4 is 0 Å². The SMILES string of the molecule is C[C@H]1CC[C@@H](n2cnc(C(=O)O)c2)CC1. The maximum absolute atomic E-state index is 10.7. The van der Waals surface area contributed by atoms with Gasteiger partial charge in [0, 0.05) is 12.2 Å². The molecule has 1 saturated carbocycles. The molecule has 1 fully saturated rings. The predicted octanol–water partition coefficient (Wildman–Crippen LogP) is 2.33. The summed E-state index contributed by atoms with van der Waals surface area (Å²) in [6.07, 6.45) is 8.01. The van der Waals surface area contributed by atoms with E-state index >= 15 is 0 Å². The molecular weight excluding hydrogens is 192 g/mol. The molecule has 1 aromatic rings. The Bertz CT molecular complexity index is 351. The third kappa shape index (κ3) is 2.19. The van der Waals surface area contributed by atoms with Gasteiger partial charge in [-0.2, -0.15) is 0 Å². The highest BCUT2D eigenvalue weighted by Gasteiger charge is 2.20. The van der Waals surface area contributed by atoms with Crippen molar-refractivity contribution < 1.29 is 9.90 Å². The largest absolute Gasteiger partial charge is 0.476 e. The smallest absolute Gasteiger partial charge is 0.356 e. The third-order valence-corrected chi connectivity index (χ3v) is 3.23. The Labute approximate surface area is 88.9 Å². The van der Waals surface area contributed by atoms with E-state index in [1.807, 2.05) is 4.57 Å². The fourth-order valence-corrected chi connectivity index (χ4v) is 2.19. The molecule has 0 saturated heterocycles. The highest BCUT2D eigenvalue weighted by molar-refractivity contribution is 5.84. The van der Waals surface area contributed by atoms with Gasteiger partial charge in [-0.1, -0.05) is 6.92 Å². The lowest BCUT2D eigenvalue weighted by Gasteiger charge is -2.26. The first-order valence-corrected chi connectivity index (χ1v) is 5.43. The predicted molar refractivity (Wildman–Crippen MR) is 55.9 cm³/mol. The Balaban J connectivity index is 2.06. The summed E-state index contributed by atoms with van der Waals surface area (Å²) in [5.41, 5.74) is 0.147. The Morgan fingerprint density at radius 1 is 1.47 bits per heavy atom. The molecule has 1 aliphatic rings. The maximum atomic E-state index is 10.7. The van der Waals surface area contributed by atoms with Crippen LogP contribution in [0.5, 0.6) is 0 Å². The lowest BCUT2D eigenvalue weighted by atomic mass is 9.87. The number of rotatable bonds is 2. The standard InChI is InChI=1S/C11H16N2O2/c1-8-2-4-9(5-3-8)13-6-10(11(14)15)12-7-13/h6-9H,2-5H2,1H3,(H,14,15)/t8-,9+. The molecular formula is C11H16N2O2. The van der Waals surface area contributed by atoms with E-state index < -0.39 is 5.97 Å². The van der Waals surface area contributed by atoms with E-state index in [1.54, 1.807) is 12.5 Å². The summed E-state index contributed by atoms with van der Waals surface area (Å²) in [6.45, 7) is 2.27. The van der Waals surface area contributed by atoms with Gasteiger partial charge in [0.15, 0.2) is 5.69 Å². The molecule has 0 amide bonds. The first kappa shape index (κ1) is 10.2. The summed E-state index contributed by atoms with van der Waals surface area (Å²) in [5.74, 6) is -0.137. The molecule has 2 rings (SSSR count). The number of nitrogens with zero attached hydrogens (tertiary/aromatic N) is 2. The molecule has 1 aliphatic carbocycles. The van der Waals surface area contributed by atoms with Gasteiger partial charge in [0.05, 0.1) is 6.33 Å². The Hall–Kier alpha value is -1.32. The minimum Gasteiger partial charge on any atom is -0.476 e. The van der Waals surface area contributed by atoms with Crippen molar-refractivity contribution in [2.75, 3.05) is 0 Å². The van der Waals surface area contributed by atoms with E-state index in [1.165, 1.54) is 12.8 Å². The summed E-state index contributed by atoms with van der Waals surface area (Å²) in [7, 11) is 0. The number of carboxylic acid groups (broad SMARTS) is 1. The maximum Gasteiger partial charge on any atom is 0.356 e. The monoisotopic (exact) mass is 208 g/mol. The van der Waals surface area contributed by atoms with Gasteiger partial charge in [-0.05, 0) is 31.6 Å². The topological polar surface area (TPSA) is 55.1 Å². The second kappa shape index (κ2) is 4.04. The number of carbonyl (C=O) groups is 1. The third-order valence-electron chi connectivity index (χ3n) is 3.23. The van der Waals surface area contributed by atoms with Crippen LogP contribution in [0.4, 0.5) is 0 Å². The summed E-state index contributed by atoms with van der Waals surface area (Å²) in [4.78, 5) is 14.5. The fraction of sp³-hybridized carbons (Fsp3) is 0.636. The molecule has 1 N–H and O–H groups in total. The van der Waals surface area contributed by atoms with Gasteiger partial charge in [0.2, 0.25) is 0 Å². The summed E-state index contributed by atoms with van der Waals surface area (Å²) in [5, 5.41) is 8.76. The molecule has 0 aromatic carbocycles. The first-order chi connectivity index (χ1) is 7.16.